The van der Waals surface area contributed by atoms with E-state index in [1.165, 1.54) is 11.4 Å². The minimum atomic E-state index is -0.356. The average molecular weight is 411 g/mol. The van der Waals surface area contributed by atoms with Gasteiger partial charge in [-0.25, -0.2) is 0 Å². The van der Waals surface area contributed by atoms with Gasteiger partial charge in [0.15, 0.2) is 12.1 Å². The van der Waals surface area contributed by atoms with E-state index in [1.54, 1.807) is 0 Å². The summed E-state index contributed by atoms with van der Waals surface area (Å²) in [4.78, 5) is 12.6. The van der Waals surface area contributed by atoms with Crippen LogP contribution in [0, 0.1) is 0 Å². The number of amidine groups is 1. The molecule has 2 fully saturated rings. The largest absolute Gasteiger partial charge is 0.492 e. The van der Waals surface area contributed by atoms with Crippen molar-refractivity contribution < 1.29 is 9.53 Å². The molecule has 2 atom stereocenters. The van der Waals surface area contributed by atoms with Gasteiger partial charge in [-0.15, -0.1) is 5.10 Å². The number of carbonyl (C=O) groups is 1. The third-order valence-electron chi connectivity index (χ3n) is 5.81. The van der Waals surface area contributed by atoms with Crippen LogP contribution >= 0.6 is 11.6 Å². The van der Waals surface area contributed by atoms with E-state index in [1.807, 2.05) is 48.5 Å². The molecule has 1 saturated carbocycles. The van der Waals surface area contributed by atoms with Gasteiger partial charge in [0.1, 0.15) is 12.4 Å². The number of carbonyl (C=O) groups excluding carboxylic acids is 1. The van der Waals surface area contributed by atoms with Crippen LogP contribution < -0.4 is 15.4 Å². The van der Waals surface area contributed by atoms with E-state index in [2.05, 4.69) is 15.7 Å². The second-order valence-corrected chi connectivity index (χ2v) is 8.17. The van der Waals surface area contributed by atoms with E-state index in [4.69, 9.17) is 16.3 Å². The molecule has 1 amide bonds. The summed E-state index contributed by atoms with van der Waals surface area (Å²) in [6.07, 6.45) is 3.52. The van der Waals surface area contributed by atoms with Crippen LogP contribution in [-0.4, -0.2) is 35.7 Å². The number of halogens is 1. The highest BCUT2D eigenvalue weighted by atomic mass is 35.5. The Morgan fingerprint density at radius 1 is 1.14 bits per heavy atom. The highest BCUT2D eigenvalue weighted by Crippen LogP contribution is 2.44. The van der Waals surface area contributed by atoms with Gasteiger partial charge in [-0.1, -0.05) is 54.4 Å². The third kappa shape index (κ3) is 3.58. The van der Waals surface area contributed by atoms with E-state index in [-0.39, 0.29) is 18.2 Å². The van der Waals surface area contributed by atoms with Crippen molar-refractivity contribution in [2.45, 2.75) is 43.9 Å². The second kappa shape index (κ2) is 7.69. The number of hydrogen-bond acceptors (Lipinski definition) is 5. The summed E-state index contributed by atoms with van der Waals surface area (Å²) in [6.45, 7) is 0.401. The standard InChI is InChI=1S/C22H23ClN4O2/c23-17-10-5-11-18(20(17)14-8-4-9-14)29-13-16-12-19(28)27-22(24-16)25-21(26-27)15-6-2-1-3-7-15/h1-3,5-7,10-11,14,16,22,24H,4,8-9,12-13H2,(H,25,26). The highest BCUT2D eigenvalue weighted by molar-refractivity contribution is 6.31. The number of rotatable bonds is 5. The molecule has 5 rings (SSSR count). The fraction of sp³-hybridized carbons (Fsp3) is 0.364. The molecule has 2 N–H and O–H groups in total. The van der Waals surface area contributed by atoms with Gasteiger partial charge in [-0.2, -0.15) is 5.01 Å². The maximum atomic E-state index is 12.6. The van der Waals surface area contributed by atoms with Gasteiger partial charge in [-0.05, 0) is 30.9 Å². The molecule has 1 aliphatic carbocycles. The monoisotopic (exact) mass is 410 g/mol. The van der Waals surface area contributed by atoms with Crippen molar-refractivity contribution in [1.82, 2.24) is 15.6 Å². The lowest BCUT2D eigenvalue weighted by Gasteiger charge is -2.34. The Labute approximate surface area is 174 Å². The van der Waals surface area contributed by atoms with Gasteiger partial charge < -0.3 is 10.1 Å². The van der Waals surface area contributed by atoms with Crippen molar-refractivity contribution in [3.8, 4) is 5.75 Å². The number of hydrogen-bond donors (Lipinski definition) is 2. The zero-order valence-electron chi connectivity index (χ0n) is 16.0. The summed E-state index contributed by atoms with van der Waals surface area (Å²) >= 11 is 6.45. The summed E-state index contributed by atoms with van der Waals surface area (Å²) in [5, 5.41) is 13.4. The van der Waals surface area contributed by atoms with E-state index in [9.17, 15) is 4.79 Å². The predicted molar refractivity (Wildman–Crippen MR) is 112 cm³/mol. The van der Waals surface area contributed by atoms with Gasteiger partial charge in [0.05, 0.1) is 6.04 Å². The summed E-state index contributed by atoms with van der Waals surface area (Å²) in [6, 6.07) is 15.5. The zero-order chi connectivity index (χ0) is 19.8. The molecule has 2 aromatic carbocycles. The summed E-state index contributed by atoms with van der Waals surface area (Å²) in [5.41, 5.74) is 2.06. The van der Waals surface area contributed by atoms with Crippen LogP contribution in [0.2, 0.25) is 5.02 Å². The number of nitrogens with one attached hydrogen (secondary N) is 2. The van der Waals surface area contributed by atoms with Gasteiger partial charge in [0.25, 0.3) is 0 Å². The smallest absolute Gasteiger partial charge is 0.247 e. The van der Waals surface area contributed by atoms with Crippen LogP contribution in [-0.2, 0) is 4.79 Å². The van der Waals surface area contributed by atoms with Crippen molar-refractivity contribution in [3.05, 3.63) is 64.7 Å². The Kier molecular flexibility index (Phi) is 4.89. The maximum absolute atomic E-state index is 12.6. The van der Waals surface area contributed by atoms with Gasteiger partial charge >= 0.3 is 0 Å². The molecule has 6 nitrogen and oxygen atoms in total. The minimum Gasteiger partial charge on any atom is -0.492 e. The molecule has 150 valence electrons. The topological polar surface area (TPSA) is 66.0 Å². The van der Waals surface area contributed by atoms with Crippen LogP contribution in [0.4, 0.5) is 0 Å². The Bertz CT molecular complexity index is 945. The highest BCUT2D eigenvalue weighted by Gasteiger charge is 2.38. The molecule has 0 spiro atoms. The Balaban J connectivity index is 1.25. The Morgan fingerprint density at radius 2 is 1.97 bits per heavy atom. The van der Waals surface area contributed by atoms with Crippen molar-refractivity contribution in [2.75, 3.05) is 6.61 Å². The van der Waals surface area contributed by atoms with Crippen molar-refractivity contribution in [2.24, 2.45) is 5.10 Å². The number of ether oxygens (including phenoxy) is 1. The van der Waals surface area contributed by atoms with E-state index in [0.717, 1.165) is 34.7 Å². The lowest BCUT2D eigenvalue weighted by Crippen LogP contribution is -2.61. The molecule has 2 aromatic rings. The predicted octanol–water partition coefficient (Wildman–Crippen LogP) is 3.43. The van der Waals surface area contributed by atoms with Crippen LogP contribution in [0.25, 0.3) is 0 Å². The second-order valence-electron chi connectivity index (χ2n) is 7.76. The first-order chi connectivity index (χ1) is 14.2. The number of fused-ring (bicyclic) bond motifs is 1. The van der Waals surface area contributed by atoms with Gasteiger partial charge in [0.2, 0.25) is 5.91 Å². The van der Waals surface area contributed by atoms with Crippen LogP contribution in [0.15, 0.2) is 53.6 Å². The molecule has 2 aliphatic heterocycles. The van der Waals surface area contributed by atoms with Gasteiger partial charge in [-0.3, -0.25) is 10.1 Å². The van der Waals surface area contributed by atoms with Crippen molar-refractivity contribution in [1.29, 1.82) is 0 Å². The lowest BCUT2D eigenvalue weighted by atomic mass is 9.79. The first-order valence-corrected chi connectivity index (χ1v) is 10.5. The van der Waals surface area contributed by atoms with Crippen molar-refractivity contribution in [3.63, 3.8) is 0 Å². The molecular formula is C22H23ClN4O2. The fourth-order valence-electron chi connectivity index (χ4n) is 4.05. The van der Waals surface area contributed by atoms with Crippen LogP contribution in [0.3, 0.4) is 0 Å². The molecule has 1 saturated heterocycles. The third-order valence-corrected chi connectivity index (χ3v) is 6.14. The first kappa shape index (κ1) is 18.5. The number of nitrogens with zero attached hydrogens (tertiary/aromatic N) is 2. The fourth-order valence-corrected chi connectivity index (χ4v) is 4.37. The quantitative estimate of drug-likeness (QED) is 0.792. The number of hydrazone groups is 1. The SMILES string of the molecule is O=C1CC(COc2cccc(Cl)c2C2CCC2)NC2NC(c3ccccc3)=NN12. The van der Waals surface area contributed by atoms with E-state index >= 15 is 0 Å². The molecule has 29 heavy (non-hydrogen) atoms. The number of benzene rings is 2. The average Bonchev–Trinajstić information content (AvgIpc) is 3.13. The normalized spacial score (nSPS) is 23.8. The lowest BCUT2D eigenvalue weighted by molar-refractivity contribution is -0.138. The summed E-state index contributed by atoms with van der Waals surface area (Å²) in [5.74, 6) is 1.99. The number of amides is 1. The first-order valence-electron chi connectivity index (χ1n) is 10.1. The molecule has 0 radical (unpaired) electrons. The van der Waals surface area contributed by atoms with Crippen molar-refractivity contribution >= 4 is 23.3 Å². The molecule has 2 heterocycles. The minimum absolute atomic E-state index is 0.0221. The summed E-state index contributed by atoms with van der Waals surface area (Å²) < 4.78 is 6.14. The molecule has 3 aliphatic rings. The van der Waals surface area contributed by atoms with E-state index in [0.29, 0.717) is 24.8 Å². The van der Waals surface area contributed by atoms with Crippen LogP contribution in [0.5, 0.6) is 5.75 Å². The zero-order valence-corrected chi connectivity index (χ0v) is 16.7. The molecule has 7 heteroatoms. The molecule has 0 bridgehead atoms. The maximum Gasteiger partial charge on any atom is 0.247 e. The Hall–Kier alpha value is -2.57. The molecular weight excluding hydrogens is 388 g/mol. The summed E-state index contributed by atoms with van der Waals surface area (Å²) in [7, 11) is 0. The van der Waals surface area contributed by atoms with Gasteiger partial charge in [0, 0.05) is 22.6 Å². The molecule has 0 aromatic heterocycles. The van der Waals surface area contributed by atoms with E-state index < -0.39 is 0 Å². The Morgan fingerprint density at radius 3 is 2.72 bits per heavy atom. The van der Waals surface area contributed by atoms with Crippen LogP contribution in [0.1, 0.15) is 42.7 Å². The molecule has 2 unspecified atom stereocenters.